The van der Waals surface area contributed by atoms with Gasteiger partial charge in [0.15, 0.2) is 0 Å². The van der Waals surface area contributed by atoms with Gasteiger partial charge in [0.25, 0.3) is 0 Å². The van der Waals surface area contributed by atoms with Gasteiger partial charge in [0.2, 0.25) is 0 Å². The van der Waals surface area contributed by atoms with Crippen molar-refractivity contribution in [1.82, 2.24) is 4.98 Å². The van der Waals surface area contributed by atoms with Gasteiger partial charge in [-0.05, 0) is 90.2 Å². The number of hydrogen-bond acceptors (Lipinski definition) is 1. The lowest BCUT2D eigenvalue weighted by Crippen LogP contribution is -2.16. The van der Waals surface area contributed by atoms with Crippen LogP contribution in [0.2, 0.25) is 0 Å². The van der Waals surface area contributed by atoms with Crippen LogP contribution in [-0.2, 0) is 5.41 Å². The third-order valence-corrected chi connectivity index (χ3v) is 9.35. The molecule has 0 saturated heterocycles. The highest BCUT2D eigenvalue weighted by Crippen LogP contribution is 2.52. The van der Waals surface area contributed by atoms with Crippen LogP contribution < -0.4 is 4.90 Å². The largest absolute Gasteiger partial charge is 0.354 e. The molecule has 0 unspecified atom stereocenters. The Morgan fingerprint density at radius 2 is 1.09 bits per heavy atom. The lowest BCUT2D eigenvalue weighted by Gasteiger charge is -2.28. The second-order valence-electron chi connectivity index (χ2n) is 12.5. The minimum atomic E-state index is -0.142. The lowest BCUT2D eigenvalue weighted by atomic mass is 9.81. The number of nitrogens with one attached hydrogen (secondary N) is 1. The van der Waals surface area contributed by atoms with E-state index in [1.54, 1.807) is 0 Å². The molecule has 0 spiro atoms. The average molecular weight is 555 g/mol. The number of benzene rings is 6. The summed E-state index contributed by atoms with van der Waals surface area (Å²) < 4.78 is 0. The Kier molecular flexibility index (Phi) is 5.64. The van der Waals surface area contributed by atoms with Crippen molar-refractivity contribution in [2.45, 2.75) is 33.1 Å². The molecule has 2 heteroatoms. The third-order valence-electron chi connectivity index (χ3n) is 9.35. The minimum Gasteiger partial charge on any atom is -0.354 e. The van der Waals surface area contributed by atoms with Gasteiger partial charge in [-0.25, -0.2) is 0 Å². The number of aromatic amines is 1. The fourth-order valence-corrected chi connectivity index (χ4v) is 6.98. The summed E-state index contributed by atoms with van der Waals surface area (Å²) in [6.45, 7) is 9.03. The molecular formula is C41H34N2. The molecular weight excluding hydrogens is 520 g/mol. The van der Waals surface area contributed by atoms with Crippen LogP contribution in [0.1, 0.15) is 36.1 Å². The predicted octanol–water partition coefficient (Wildman–Crippen LogP) is 11.4. The Labute approximate surface area is 253 Å². The number of para-hydroxylation sites is 2. The Balaban J connectivity index is 1.25. The molecule has 2 nitrogen and oxygen atoms in total. The standard InChI is InChI=1S/C41H34N2/c1-26-12-17-29(18-13-26)43(30-19-14-27(2)15-20-30)31-21-23-34-33-22-16-28(24-37(33)41(3,4)38(34)25-31)32-9-7-10-36-35-8-5-6-11-39(35)42-40(32)36/h5-25,42H,1-4H3. The fourth-order valence-electron chi connectivity index (χ4n) is 6.98. The molecule has 0 atom stereocenters. The number of fused-ring (bicyclic) bond motifs is 6. The predicted molar refractivity (Wildman–Crippen MR) is 183 cm³/mol. The number of aromatic nitrogens is 1. The first-order chi connectivity index (χ1) is 20.9. The number of hydrogen-bond donors (Lipinski definition) is 1. The molecule has 0 amide bonds. The van der Waals surface area contributed by atoms with Crippen molar-refractivity contribution < 1.29 is 0 Å². The molecule has 0 bridgehead atoms. The minimum absolute atomic E-state index is 0.142. The van der Waals surface area contributed by atoms with Gasteiger partial charge in [-0.1, -0.05) is 104 Å². The topological polar surface area (TPSA) is 19.0 Å². The maximum absolute atomic E-state index is 3.70. The van der Waals surface area contributed by atoms with Crippen LogP contribution in [0, 0.1) is 13.8 Å². The van der Waals surface area contributed by atoms with E-state index in [0.29, 0.717) is 0 Å². The summed E-state index contributed by atoms with van der Waals surface area (Å²) in [6.07, 6.45) is 0. The van der Waals surface area contributed by atoms with E-state index in [0.717, 1.165) is 11.4 Å². The van der Waals surface area contributed by atoms with Crippen LogP contribution in [0.25, 0.3) is 44.1 Å². The first-order valence-corrected chi connectivity index (χ1v) is 15.1. The smallest absolute Gasteiger partial charge is 0.0544 e. The molecule has 1 heterocycles. The number of H-pyrrole nitrogens is 1. The van der Waals surface area contributed by atoms with Gasteiger partial charge >= 0.3 is 0 Å². The Morgan fingerprint density at radius 1 is 0.512 bits per heavy atom. The van der Waals surface area contributed by atoms with E-state index in [9.17, 15) is 0 Å². The number of rotatable bonds is 4. The highest BCUT2D eigenvalue weighted by atomic mass is 15.1. The second kappa shape index (κ2) is 9.47. The summed E-state index contributed by atoms with van der Waals surface area (Å²) in [5.41, 5.74) is 16.2. The van der Waals surface area contributed by atoms with Crippen molar-refractivity contribution in [3.8, 4) is 22.3 Å². The zero-order chi connectivity index (χ0) is 29.3. The van der Waals surface area contributed by atoms with Crippen molar-refractivity contribution in [3.05, 3.63) is 150 Å². The first-order valence-electron chi connectivity index (χ1n) is 15.1. The normalized spacial score (nSPS) is 13.3. The second-order valence-corrected chi connectivity index (χ2v) is 12.5. The zero-order valence-corrected chi connectivity index (χ0v) is 25.1. The van der Waals surface area contributed by atoms with E-state index < -0.39 is 0 Å². The van der Waals surface area contributed by atoms with E-state index in [-0.39, 0.29) is 5.41 Å². The van der Waals surface area contributed by atoms with E-state index in [4.69, 9.17) is 0 Å². The van der Waals surface area contributed by atoms with Gasteiger partial charge in [0, 0.05) is 44.3 Å². The van der Waals surface area contributed by atoms with Crippen molar-refractivity contribution in [3.63, 3.8) is 0 Å². The van der Waals surface area contributed by atoms with E-state index in [1.807, 2.05) is 0 Å². The SMILES string of the molecule is Cc1ccc(N(c2ccc(C)cc2)c2ccc3c(c2)C(C)(C)c2cc(-c4cccc5c4[nH]c4ccccc45)ccc2-3)cc1. The summed E-state index contributed by atoms with van der Waals surface area (Å²) in [5.74, 6) is 0. The maximum Gasteiger partial charge on any atom is 0.0544 e. The summed E-state index contributed by atoms with van der Waals surface area (Å²) in [7, 11) is 0. The summed E-state index contributed by atoms with van der Waals surface area (Å²) in [4.78, 5) is 6.08. The van der Waals surface area contributed by atoms with Gasteiger partial charge in [-0.15, -0.1) is 0 Å². The quantitative estimate of drug-likeness (QED) is 0.229. The maximum atomic E-state index is 3.70. The van der Waals surface area contributed by atoms with Crippen molar-refractivity contribution in [1.29, 1.82) is 0 Å². The lowest BCUT2D eigenvalue weighted by molar-refractivity contribution is 0.660. The molecule has 43 heavy (non-hydrogen) atoms. The van der Waals surface area contributed by atoms with E-state index in [1.165, 1.54) is 72.0 Å². The molecule has 0 radical (unpaired) electrons. The molecule has 1 aromatic heterocycles. The van der Waals surface area contributed by atoms with Crippen LogP contribution in [0.5, 0.6) is 0 Å². The summed E-state index contributed by atoms with van der Waals surface area (Å²) in [5, 5.41) is 2.54. The van der Waals surface area contributed by atoms with Crippen molar-refractivity contribution in [2.75, 3.05) is 4.90 Å². The number of nitrogens with zero attached hydrogens (tertiary/aromatic N) is 1. The molecule has 1 aliphatic rings. The highest BCUT2D eigenvalue weighted by molar-refractivity contribution is 6.12. The monoisotopic (exact) mass is 554 g/mol. The zero-order valence-electron chi connectivity index (χ0n) is 25.1. The molecule has 0 saturated carbocycles. The number of anilines is 3. The van der Waals surface area contributed by atoms with Gasteiger partial charge < -0.3 is 9.88 Å². The van der Waals surface area contributed by atoms with Gasteiger partial charge in [-0.3, -0.25) is 0 Å². The van der Waals surface area contributed by atoms with Crippen molar-refractivity contribution in [2.24, 2.45) is 0 Å². The van der Waals surface area contributed by atoms with E-state index >= 15 is 0 Å². The molecule has 7 aromatic rings. The van der Waals surface area contributed by atoms with Gasteiger partial charge in [-0.2, -0.15) is 0 Å². The van der Waals surface area contributed by atoms with Crippen LogP contribution >= 0.6 is 0 Å². The molecule has 6 aromatic carbocycles. The molecule has 0 aliphatic heterocycles. The van der Waals surface area contributed by atoms with Crippen LogP contribution in [-0.4, -0.2) is 4.98 Å². The molecule has 1 N–H and O–H groups in total. The average Bonchev–Trinajstić information content (AvgIpc) is 3.51. The Bertz CT molecular complexity index is 2120. The van der Waals surface area contributed by atoms with Gasteiger partial charge in [0.05, 0.1) is 5.52 Å². The molecule has 208 valence electrons. The molecule has 1 aliphatic carbocycles. The summed E-state index contributed by atoms with van der Waals surface area (Å²) >= 11 is 0. The van der Waals surface area contributed by atoms with E-state index in [2.05, 4.69) is 165 Å². The van der Waals surface area contributed by atoms with Crippen LogP contribution in [0.3, 0.4) is 0 Å². The van der Waals surface area contributed by atoms with Gasteiger partial charge in [0.1, 0.15) is 0 Å². The Morgan fingerprint density at radius 3 is 1.79 bits per heavy atom. The first kappa shape index (κ1) is 25.6. The number of aryl methyl sites for hydroxylation is 2. The Hall–Kier alpha value is -5.08. The molecule has 0 fully saturated rings. The third kappa shape index (κ3) is 4.01. The van der Waals surface area contributed by atoms with Crippen LogP contribution in [0.4, 0.5) is 17.1 Å². The van der Waals surface area contributed by atoms with Crippen LogP contribution in [0.15, 0.2) is 127 Å². The summed E-state index contributed by atoms with van der Waals surface area (Å²) in [6, 6.07) is 46.9. The molecule has 8 rings (SSSR count). The van der Waals surface area contributed by atoms with Crippen molar-refractivity contribution >= 4 is 38.9 Å². The fraction of sp³-hybridized carbons (Fsp3) is 0.122. The highest BCUT2D eigenvalue weighted by Gasteiger charge is 2.36.